The van der Waals surface area contributed by atoms with Crippen LogP contribution >= 0.6 is 11.3 Å². The lowest BCUT2D eigenvalue weighted by atomic mass is 10.1. The molecule has 0 bridgehead atoms. The van der Waals surface area contributed by atoms with Crippen molar-refractivity contribution in [3.63, 3.8) is 0 Å². The second-order valence-corrected chi connectivity index (χ2v) is 4.02. The molecule has 0 saturated heterocycles. The zero-order chi connectivity index (χ0) is 10.8. The van der Waals surface area contributed by atoms with E-state index in [0.29, 0.717) is 15.3 Å². The minimum atomic E-state index is -0.485. The summed E-state index contributed by atoms with van der Waals surface area (Å²) in [7, 11) is 0. The lowest BCUT2D eigenvalue weighted by molar-refractivity contribution is 0.469. The number of hydrogen-bond acceptors (Lipinski definition) is 3. The van der Waals surface area contributed by atoms with Crippen molar-refractivity contribution in [2.75, 3.05) is 0 Å². The molecule has 0 radical (unpaired) electrons. The molecular formula is C11H6FNOS. The van der Waals surface area contributed by atoms with E-state index in [1.165, 1.54) is 23.5 Å². The van der Waals surface area contributed by atoms with Crippen LogP contribution in [0.1, 0.15) is 4.88 Å². The Morgan fingerprint density at radius 1 is 1.27 bits per heavy atom. The van der Waals surface area contributed by atoms with Crippen LogP contribution in [0.25, 0.3) is 10.4 Å². The fourth-order valence-electron chi connectivity index (χ4n) is 1.25. The van der Waals surface area contributed by atoms with Gasteiger partial charge in [0.05, 0.1) is 0 Å². The van der Waals surface area contributed by atoms with Gasteiger partial charge in [0.2, 0.25) is 0 Å². The minimum Gasteiger partial charge on any atom is -0.508 e. The number of phenols is 1. The highest BCUT2D eigenvalue weighted by Crippen LogP contribution is 2.31. The van der Waals surface area contributed by atoms with Gasteiger partial charge in [0.1, 0.15) is 22.5 Å². The molecule has 0 aliphatic heterocycles. The number of halogens is 1. The maximum absolute atomic E-state index is 13.4. The first-order chi connectivity index (χ1) is 7.20. The molecule has 4 heteroatoms. The first kappa shape index (κ1) is 9.69. The van der Waals surface area contributed by atoms with Crippen LogP contribution in [0.4, 0.5) is 4.39 Å². The number of nitrogens with zero attached hydrogens (tertiary/aromatic N) is 1. The van der Waals surface area contributed by atoms with Crippen molar-refractivity contribution in [2.24, 2.45) is 0 Å². The van der Waals surface area contributed by atoms with Crippen molar-refractivity contribution in [3.8, 4) is 22.3 Å². The Labute approximate surface area is 89.8 Å². The molecule has 74 valence electrons. The molecule has 15 heavy (non-hydrogen) atoms. The summed E-state index contributed by atoms with van der Waals surface area (Å²) in [5.41, 5.74) is 0.402. The van der Waals surface area contributed by atoms with Crippen LogP contribution in [-0.2, 0) is 0 Å². The standard InChI is InChI=1S/C11H6FNOS/c12-10-5-7(14)1-3-9(10)11-4-2-8(6-13)15-11/h1-5,14H. The van der Waals surface area contributed by atoms with E-state index in [-0.39, 0.29) is 5.75 Å². The minimum absolute atomic E-state index is 0.103. The molecule has 2 aromatic rings. The lowest BCUT2D eigenvalue weighted by Crippen LogP contribution is -1.79. The topological polar surface area (TPSA) is 44.0 Å². The maximum atomic E-state index is 13.4. The first-order valence-electron chi connectivity index (χ1n) is 4.19. The van der Waals surface area contributed by atoms with Crippen LogP contribution in [0.15, 0.2) is 30.3 Å². The van der Waals surface area contributed by atoms with Crippen molar-refractivity contribution in [1.29, 1.82) is 5.26 Å². The summed E-state index contributed by atoms with van der Waals surface area (Å²) in [6.45, 7) is 0. The Hall–Kier alpha value is -1.86. The van der Waals surface area contributed by atoms with Gasteiger partial charge in [-0.2, -0.15) is 5.26 Å². The van der Waals surface area contributed by atoms with Crippen LogP contribution in [0.2, 0.25) is 0 Å². The van der Waals surface area contributed by atoms with E-state index in [4.69, 9.17) is 10.4 Å². The quantitative estimate of drug-likeness (QED) is 0.800. The molecule has 0 unspecified atom stereocenters. The Morgan fingerprint density at radius 2 is 2.07 bits per heavy atom. The number of aromatic hydroxyl groups is 1. The van der Waals surface area contributed by atoms with Gasteiger partial charge in [-0.05, 0) is 24.3 Å². The molecule has 2 nitrogen and oxygen atoms in total. The van der Waals surface area contributed by atoms with E-state index in [9.17, 15) is 4.39 Å². The van der Waals surface area contributed by atoms with Gasteiger partial charge in [-0.1, -0.05) is 0 Å². The number of benzene rings is 1. The molecule has 0 atom stereocenters. The van der Waals surface area contributed by atoms with Crippen LogP contribution in [-0.4, -0.2) is 5.11 Å². The third-order valence-electron chi connectivity index (χ3n) is 1.93. The van der Waals surface area contributed by atoms with Gasteiger partial charge in [-0.3, -0.25) is 0 Å². The highest BCUT2D eigenvalue weighted by Gasteiger charge is 2.08. The predicted molar refractivity (Wildman–Crippen MR) is 56.1 cm³/mol. The molecule has 1 aromatic carbocycles. The third-order valence-corrected chi connectivity index (χ3v) is 2.96. The molecule has 0 spiro atoms. The Morgan fingerprint density at radius 3 is 2.67 bits per heavy atom. The average Bonchev–Trinajstić information content (AvgIpc) is 2.66. The summed E-state index contributed by atoms with van der Waals surface area (Å²) in [5, 5.41) is 17.7. The fraction of sp³-hybridized carbons (Fsp3) is 0. The third kappa shape index (κ3) is 1.83. The predicted octanol–water partition coefficient (Wildman–Crippen LogP) is 3.13. The number of phenolic OH excluding ortho intramolecular Hbond substituents is 1. The number of rotatable bonds is 1. The van der Waals surface area contributed by atoms with E-state index in [1.54, 1.807) is 12.1 Å². The van der Waals surface area contributed by atoms with E-state index >= 15 is 0 Å². The van der Waals surface area contributed by atoms with E-state index < -0.39 is 5.82 Å². The van der Waals surface area contributed by atoms with Crippen molar-refractivity contribution in [1.82, 2.24) is 0 Å². The molecule has 0 aliphatic carbocycles. The largest absolute Gasteiger partial charge is 0.508 e. The monoisotopic (exact) mass is 219 g/mol. The van der Waals surface area contributed by atoms with Gasteiger partial charge in [0.15, 0.2) is 0 Å². The van der Waals surface area contributed by atoms with Crippen molar-refractivity contribution < 1.29 is 9.50 Å². The number of nitriles is 1. The van der Waals surface area contributed by atoms with Crippen molar-refractivity contribution >= 4 is 11.3 Å². The molecule has 1 aromatic heterocycles. The van der Waals surface area contributed by atoms with Crippen LogP contribution in [0.3, 0.4) is 0 Å². The molecule has 1 N–H and O–H groups in total. The van der Waals surface area contributed by atoms with Gasteiger partial charge >= 0.3 is 0 Å². The molecule has 0 saturated carbocycles. The van der Waals surface area contributed by atoms with Gasteiger partial charge in [0.25, 0.3) is 0 Å². The second kappa shape index (κ2) is 3.71. The summed E-state index contributed by atoms with van der Waals surface area (Å²) in [6, 6.07) is 9.31. The number of hydrogen-bond donors (Lipinski definition) is 1. The number of thiophene rings is 1. The van der Waals surface area contributed by atoms with Crippen LogP contribution in [0.5, 0.6) is 5.75 Å². The summed E-state index contributed by atoms with van der Waals surface area (Å²) >= 11 is 1.22. The van der Waals surface area contributed by atoms with Crippen molar-refractivity contribution in [2.45, 2.75) is 0 Å². The second-order valence-electron chi connectivity index (χ2n) is 2.94. The Kier molecular flexibility index (Phi) is 2.40. The van der Waals surface area contributed by atoms with E-state index in [0.717, 1.165) is 6.07 Å². The summed E-state index contributed by atoms with van der Waals surface area (Å²) in [5.74, 6) is -0.588. The molecule has 0 fully saturated rings. The summed E-state index contributed by atoms with van der Waals surface area (Å²) in [4.78, 5) is 1.22. The van der Waals surface area contributed by atoms with Gasteiger partial charge in [-0.25, -0.2) is 4.39 Å². The first-order valence-corrected chi connectivity index (χ1v) is 5.01. The molecule has 0 aliphatic rings. The highest BCUT2D eigenvalue weighted by atomic mass is 32.1. The van der Waals surface area contributed by atoms with Crippen LogP contribution in [0, 0.1) is 17.1 Å². The Balaban J connectivity index is 2.50. The Bertz CT molecular complexity index is 542. The molecule has 1 heterocycles. The smallest absolute Gasteiger partial charge is 0.135 e. The molecule has 2 rings (SSSR count). The van der Waals surface area contributed by atoms with E-state index in [1.807, 2.05) is 6.07 Å². The van der Waals surface area contributed by atoms with Crippen molar-refractivity contribution in [3.05, 3.63) is 41.0 Å². The summed E-state index contributed by atoms with van der Waals surface area (Å²) < 4.78 is 13.4. The lowest BCUT2D eigenvalue weighted by Gasteiger charge is -1.99. The fourth-order valence-corrected chi connectivity index (χ4v) is 2.08. The zero-order valence-electron chi connectivity index (χ0n) is 7.57. The maximum Gasteiger partial charge on any atom is 0.135 e. The average molecular weight is 219 g/mol. The normalized spacial score (nSPS) is 9.87. The van der Waals surface area contributed by atoms with E-state index in [2.05, 4.69) is 0 Å². The highest BCUT2D eigenvalue weighted by molar-refractivity contribution is 7.16. The SMILES string of the molecule is N#Cc1ccc(-c2ccc(O)cc2F)s1. The van der Waals surface area contributed by atoms with Gasteiger partial charge in [-0.15, -0.1) is 11.3 Å². The van der Waals surface area contributed by atoms with Crippen LogP contribution < -0.4 is 0 Å². The summed E-state index contributed by atoms with van der Waals surface area (Å²) in [6.07, 6.45) is 0. The van der Waals surface area contributed by atoms with Gasteiger partial charge < -0.3 is 5.11 Å². The zero-order valence-corrected chi connectivity index (χ0v) is 8.38. The molecule has 0 amide bonds. The molecular weight excluding hydrogens is 213 g/mol. The van der Waals surface area contributed by atoms with Gasteiger partial charge in [0, 0.05) is 16.5 Å².